The van der Waals surface area contributed by atoms with E-state index >= 15 is 0 Å². The van der Waals surface area contributed by atoms with Gasteiger partial charge in [-0.2, -0.15) is 9.61 Å². The van der Waals surface area contributed by atoms with Gasteiger partial charge < -0.3 is 9.64 Å². The third kappa shape index (κ3) is 3.36. The van der Waals surface area contributed by atoms with Crippen molar-refractivity contribution in [3.63, 3.8) is 0 Å². The van der Waals surface area contributed by atoms with E-state index in [9.17, 15) is 0 Å². The summed E-state index contributed by atoms with van der Waals surface area (Å²) in [5.41, 5.74) is 4.05. The van der Waals surface area contributed by atoms with Gasteiger partial charge >= 0.3 is 0 Å². The van der Waals surface area contributed by atoms with Crippen molar-refractivity contribution in [3.05, 3.63) is 47.5 Å². The molecule has 0 amide bonds. The topological polar surface area (TPSA) is 55.5 Å². The molecule has 0 unspecified atom stereocenters. The first-order valence-electron chi connectivity index (χ1n) is 9.22. The van der Waals surface area contributed by atoms with Gasteiger partial charge in [0, 0.05) is 48.9 Å². The van der Waals surface area contributed by atoms with Crippen LogP contribution < -0.4 is 9.64 Å². The molecule has 4 heterocycles. The lowest BCUT2D eigenvalue weighted by Gasteiger charge is -2.33. The Morgan fingerprint density at radius 1 is 1.12 bits per heavy atom. The molecule has 0 atom stereocenters. The van der Waals surface area contributed by atoms with Gasteiger partial charge in [-0.05, 0) is 45.6 Å². The van der Waals surface area contributed by atoms with Crippen molar-refractivity contribution in [2.24, 2.45) is 5.92 Å². The summed E-state index contributed by atoms with van der Waals surface area (Å²) in [6.07, 6.45) is 5.87. The van der Waals surface area contributed by atoms with Crippen LogP contribution in [0, 0.1) is 26.7 Å². The summed E-state index contributed by atoms with van der Waals surface area (Å²) in [7, 11) is 0. The SMILES string of the molecule is Cc1cc(N2CCC(COc3ccncc3C)CC2)n2nc(C)cc2n1. The molecule has 0 bridgehead atoms. The normalized spacial score (nSPS) is 15.6. The number of nitrogens with zero attached hydrogens (tertiary/aromatic N) is 5. The average Bonchev–Trinajstić information content (AvgIpc) is 3.01. The largest absolute Gasteiger partial charge is 0.493 e. The highest BCUT2D eigenvalue weighted by Gasteiger charge is 2.22. The molecule has 0 saturated carbocycles. The van der Waals surface area contributed by atoms with Gasteiger partial charge in [0.25, 0.3) is 0 Å². The molecule has 1 aliphatic rings. The molecular formula is C20H25N5O. The number of pyridine rings is 1. The maximum Gasteiger partial charge on any atom is 0.157 e. The van der Waals surface area contributed by atoms with Gasteiger partial charge in [0.2, 0.25) is 0 Å². The number of aryl methyl sites for hydroxylation is 3. The smallest absolute Gasteiger partial charge is 0.157 e. The van der Waals surface area contributed by atoms with Crippen LogP contribution in [0.25, 0.3) is 5.65 Å². The van der Waals surface area contributed by atoms with E-state index in [1.54, 1.807) is 6.20 Å². The van der Waals surface area contributed by atoms with Crippen molar-refractivity contribution in [1.82, 2.24) is 19.6 Å². The number of piperidine rings is 1. The van der Waals surface area contributed by atoms with Gasteiger partial charge in [-0.1, -0.05) is 0 Å². The Morgan fingerprint density at radius 2 is 1.92 bits per heavy atom. The lowest BCUT2D eigenvalue weighted by molar-refractivity contribution is 0.221. The summed E-state index contributed by atoms with van der Waals surface area (Å²) < 4.78 is 8.00. The van der Waals surface area contributed by atoms with Crippen molar-refractivity contribution in [2.75, 3.05) is 24.6 Å². The Labute approximate surface area is 153 Å². The van der Waals surface area contributed by atoms with E-state index in [4.69, 9.17) is 4.74 Å². The van der Waals surface area contributed by atoms with Crippen LogP contribution in [0.5, 0.6) is 5.75 Å². The third-order valence-corrected chi connectivity index (χ3v) is 5.04. The molecule has 136 valence electrons. The highest BCUT2D eigenvalue weighted by Crippen LogP contribution is 2.26. The molecule has 0 aromatic carbocycles. The van der Waals surface area contributed by atoms with Crippen molar-refractivity contribution in [1.29, 1.82) is 0 Å². The van der Waals surface area contributed by atoms with Crippen molar-refractivity contribution in [3.8, 4) is 5.75 Å². The van der Waals surface area contributed by atoms with Gasteiger partial charge in [-0.15, -0.1) is 0 Å². The number of hydrogen-bond acceptors (Lipinski definition) is 5. The van der Waals surface area contributed by atoms with Crippen LogP contribution in [0.15, 0.2) is 30.6 Å². The van der Waals surface area contributed by atoms with E-state index in [1.165, 1.54) is 0 Å². The van der Waals surface area contributed by atoms with Crippen molar-refractivity contribution >= 4 is 11.5 Å². The number of fused-ring (bicyclic) bond motifs is 1. The second-order valence-electron chi connectivity index (χ2n) is 7.19. The number of rotatable bonds is 4. The Morgan fingerprint density at radius 3 is 2.69 bits per heavy atom. The first kappa shape index (κ1) is 16.8. The minimum absolute atomic E-state index is 0.580. The minimum Gasteiger partial charge on any atom is -0.493 e. The number of hydrogen-bond donors (Lipinski definition) is 0. The number of ether oxygens (including phenoxy) is 1. The predicted octanol–water partition coefficient (Wildman–Crippen LogP) is 3.34. The van der Waals surface area contributed by atoms with Gasteiger partial charge in [0.1, 0.15) is 11.6 Å². The van der Waals surface area contributed by atoms with Crippen LogP contribution in [0.1, 0.15) is 29.8 Å². The quantitative estimate of drug-likeness (QED) is 0.721. The maximum atomic E-state index is 6.02. The Kier molecular flexibility index (Phi) is 4.49. The van der Waals surface area contributed by atoms with E-state index in [1.807, 2.05) is 43.6 Å². The molecule has 4 rings (SSSR count). The van der Waals surface area contributed by atoms with Crippen LogP contribution in [-0.2, 0) is 0 Å². The molecule has 26 heavy (non-hydrogen) atoms. The van der Waals surface area contributed by atoms with E-state index in [2.05, 4.69) is 26.0 Å². The first-order valence-corrected chi connectivity index (χ1v) is 9.22. The second kappa shape index (κ2) is 6.94. The maximum absolute atomic E-state index is 6.02. The standard InChI is InChI=1S/C20H25N5O/c1-14-12-21-7-4-18(14)26-13-17-5-8-24(9-6-17)20-11-15(2)22-19-10-16(3)23-25(19)20/h4,7,10-12,17H,5-6,8-9,13H2,1-3H3. The zero-order valence-corrected chi connectivity index (χ0v) is 15.6. The molecule has 1 saturated heterocycles. The van der Waals surface area contributed by atoms with E-state index in [-0.39, 0.29) is 0 Å². The van der Waals surface area contributed by atoms with E-state index < -0.39 is 0 Å². The van der Waals surface area contributed by atoms with Gasteiger partial charge in [0.15, 0.2) is 5.65 Å². The lowest BCUT2D eigenvalue weighted by atomic mass is 9.98. The summed E-state index contributed by atoms with van der Waals surface area (Å²) in [6.45, 7) is 8.89. The fourth-order valence-corrected chi connectivity index (χ4v) is 3.58. The highest BCUT2D eigenvalue weighted by molar-refractivity contribution is 5.52. The van der Waals surface area contributed by atoms with Crippen molar-refractivity contribution < 1.29 is 4.74 Å². The van der Waals surface area contributed by atoms with Gasteiger partial charge in [-0.3, -0.25) is 4.98 Å². The Balaban J connectivity index is 1.42. The number of aromatic nitrogens is 4. The summed E-state index contributed by atoms with van der Waals surface area (Å²) in [5, 5.41) is 4.62. The first-order chi connectivity index (χ1) is 12.6. The van der Waals surface area contributed by atoms with E-state index in [0.717, 1.165) is 66.7 Å². The summed E-state index contributed by atoms with van der Waals surface area (Å²) in [4.78, 5) is 11.1. The molecule has 0 radical (unpaired) electrons. The molecule has 3 aromatic heterocycles. The zero-order valence-electron chi connectivity index (χ0n) is 15.6. The molecule has 6 nitrogen and oxygen atoms in total. The molecular weight excluding hydrogens is 326 g/mol. The fourth-order valence-electron chi connectivity index (χ4n) is 3.58. The molecule has 1 fully saturated rings. The highest BCUT2D eigenvalue weighted by atomic mass is 16.5. The van der Waals surface area contributed by atoms with Crippen LogP contribution >= 0.6 is 0 Å². The molecule has 6 heteroatoms. The van der Waals surface area contributed by atoms with Crippen LogP contribution in [0.2, 0.25) is 0 Å². The molecule has 0 aliphatic carbocycles. The predicted molar refractivity (Wildman–Crippen MR) is 102 cm³/mol. The second-order valence-corrected chi connectivity index (χ2v) is 7.19. The lowest BCUT2D eigenvalue weighted by Crippen LogP contribution is -2.36. The third-order valence-electron chi connectivity index (χ3n) is 5.04. The average molecular weight is 351 g/mol. The van der Waals surface area contributed by atoms with Gasteiger partial charge in [-0.25, -0.2) is 4.98 Å². The Hall–Kier alpha value is -2.63. The van der Waals surface area contributed by atoms with Crippen molar-refractivity contribution in [2.45, 2.75) is 33.6 Å². The monoisotopic (exact) mass is 351 g/mol. The van der Waals surface area contributed by atoms with Crippen LogP contribution in [0.3, 0.4) is 0 Å². The summed E-state index contributed by atoms with van der Waals surface area (Å²) in [6, 6.07) is 6.12. The molecule has 0 N–H and O–H groups in total. The minimum atomic E-state index is 0.580. The fraction of sp³-hybridized carbons (Fsp3) is 0.450. The molecule has 1 aliphatic heterocycles. The number of anilines is 1. The van der Waals surface area contributed by atoms with Crippen LogP contribution in [0.4, 0.5) is 5.82 Å². The van der Waals surface area contributed by atoms with E-state index in [0.29, 0.717) is 5.92 Å². The van der Waals surface area contributed by atoms with Gasteiger partial charge in [0.05, 0.1) is 12.3 Å². The van der Waals surface area contributed by atoms with Crippen LogP contribution in [-0.4, -0.2) is 39.3 Å². The molecule has 0 spiro atoms. The zero-order chi connectivity index (χ0) is 18.1. The molecule has 3 aromatic rings. The summed E-state index contributed by atoms with van der Waals surface area (Å²) >= 11 is 0. The Bertz CT molecular complexity index is 912. The summed E-state index contributed by atoms with van der Waals surface area (Å²) in [5.74, 6) is 2.67.